The van der Waals surface area contributed by atoms with Crippen LogP contribution in [0.1, 0.15) is 28.9 Å². The molecule has 6 heteroatoms. The van der Waals surface area contributed by atoms with E-state index in [4.69, 9.17) is 0 Å². The standard InChI is InChI=1S/C22H23N3O3/c26-13-17-10-19-20(11-18(17)14-27)23-21(24-22(19)28)12-25-8-6-16(7-9-25)15-4-2-1-3-5-15/h1-6,10-11,26-27H,7-9,12-14H2,(H,23,24,28). The summed E-state index contributed by atoms with van der Waals surface area (Å²) in [5.41, 5.74) is 4.06. The van der Waals surface area contributed by atoms with E-state index in [-0.39, 0.29) is 18.8 Å². The summed E-state index contributed by atoms with van der Waals surface area (Å²) in [5, 5.41) is 19.3. The zero-order chi connectivity index (χ0) is 19.5. The second kappa shape index (κ2) is 8.06. The topological polar surface area (TPSA) is 89.5 Å². The van der Waals surface area contributed by atoms with Crippen LogP contribution in [-0.2, 0) is 19.8 Å². The summed E-state index contributed by atoms with van der Waals surface area (Å²) >= 11 is 0. The molecular weight excluding hydrogens is 354 g/mol. The zero-order valence-corrected chi connectivity index (χ0v) is 15.6. The van der Waals surface area contributed by atoms with Gasteiger partial charge in [0.25, 0.3) is 5.56 Å². The molecule has 0 radical (unpaired) electrons. The van der Waals surface area contributed by atoms with Gasteiger partial charge in [-0.2, -0.15) is 0 Å². The predicted molar refractivity (Wildman–Crippen MR) is 109 cm³/mol. The molecule has 0 fully saturated rings. The molecular formula is C22H23N3O3. The number of hydrogen-bond acceptors (Lipinski definition) is 5. The molecule has 6 nitrogen and oxygen atoms in total. The van der Waals surface area contributed by atoms with E-state index >= 15 is 0 Å². The maximum atomic E-state index is 12.5. The molecule has 0 aliphatic carbocycles. The van der Waals surface area contributed by atoms with Crippen molar-refractivity contribution in [1.82, 2.24) is 14.9 Å². The minimum atomic E-state index is -0.225. The maximum absolute atomic E-state index is 12.5. The Balaban J connectivity index is 1.55. The van der Waals surface area contributed by atoms with E-state index in [9.17, 15) is 15.0 Å². The number of nitrogens with zero attached hydrogens (tertiary/aromatic N) is 2. The largest absolute Gasteiger partial charge is 0.392 e. The Morgan fingerprint density at radius 2 is 1.82 bits per heavy atom. The quantitative estimate of drug-likeness (QED) is 0.634. The summed E-state index contributed by atoms with van der Waals surface area (Å²) in [4.78, 5) is 22.2. The van der Waals surface area contributed by atoms with Gasteiger partial charge in [-0.3, -0.25) is 9.69 Å². The molecule has 3 N–H and O–H groups in total. The smallest absolute Gasteiger partial charge is 0.258 e. The first kappa shape index (κ1) is 18.6. The Kier molecular flexibility index (Phi) is 5.34. The minimum absolute atomic E-state index is 0.200. The Morgan fingerprint density at radius 1 is 1.07 bits per heavy atom. The van der Waals surface area contributed by atoms with Crippen LogP contribution in [0.4, 0.5) is 0 Å². The number of aliphatic hydroxyl groups excluding tert-OH is 2. The first-order valence-electron chi connectivity index (χ1n) is 9.41. The molecule has 2 heterocycles. The fourth-order valence-electron chi connectivity index (χ4n) is 3.67. The van der Waals surface area contributed by atoms with Gasteiger partial charge < -0.3 is 15.2 Å². The molecule has 0 unspecified atom stereocenters. The van der Waals surface area contributed by atoms with Crippen LogP contribution in [0.25, 0.3) is 16.5 Å². The highest BCUT2D eigenvalue weighted by Gasteiger charge is 2.15. The SMILES string of the molecule is O=c1[nH]c(CN2CC=C(c3ccccc3)CC2)nc2cc(CO)c(CO)cc12. The first-order chi connectivity index (χ1) is 13.7. The lowest BCUT2D eigenvalue weighted by Gasteiger charge is -2.26. The van der Waals surface area contributed by atoms with Crippen LogP contribution >= 0.6 is 0 Å². The molecule has 144 valence electrons. The number of H-pyrrole nitrogens is 1. The average molecular weight is 377 g/mol. The zero-order valence-electron chi connectivity index (χ0n) is 15.6. The van der Waals surface area contributed by atoms with Gasteiger partial charge in [0.05, 0.1) is 30.7 Å². The van der Waals surface area contributed by atoms with Gasteiger partial charge in [0.15, 0.2) is 0 Å². The molecule has 0 saturated carbocycles. The van der Waals surface area contributed by atoms with Gasteiger partial charge in [0, 0.05) is 13.1 Å². The summed E-state index contributed by atoms with van der Waals surface area (Å²) in [6.07, 6.45) is 3.19. The monoisotopic (exact) mass is 377 g/mol. The second-order valence-corrected chi connectivity index (χ2v) is 7.05. The van der Waals surface area contributed by atoms with Crippen molar-refractivity contribution in [3.8, 4) is 0 Å². The lowest BCUT2D eigenvalue weighted by Crippen LogP contribution is -2.30. The number of aromatic nitrogens is 2. The fraction of sp³-hybridized carbons (Fsp3) is 0.273. The molecule has 28 heavy (non-hydrogen) atoms. The minimum Gasteiger partial charge on any atom is -0.392 e. The highest BCUT2D eigenvalue weighted by molar-refractivity contribution is 5.79. The Labute approximate surface area is 162 Å². The van der Waals surface area contributed by atoms with E-state index < -0.39 is 0 Å². The van der Waals surface area contributed by atoms with Gasteiger partial charge in [-0.05, 0) is 40.8 Å². The fourth-order valence-corrected chi connectivity index (χ4v) is 3.67. The van der Waals surface area contributed by atoms with Gasteiger partial charge in [-0.1, -0.05) is 36.4 Å². The van der Waals surface area contributed by atoms with Gasteiger partial charge in [0.2, 0.25) is 0 Å². The Morgan fingerprint density at radius 3 is 2.50 bits per heavy atom. The molecule has 3 aromatic rings. The molecule has 0 spiro atoms. The Bertz CT molecular complexity index is 1070. The predicted octanol–water partition coefficient (Wildman–Crippen LogP) is 2.20. The lowest BCUT2D eigenvalue weighted by molar-refractivity contribution is 0.260. The molecule has 0 bridgehead atoms. The molecule has 0 saturated heterocycles. The summed E-state index contributed by atoms with van der Waals surface area (Å²) in [5.74, 6) is 0.606. The van der Waals surface area contributed by atoms with E-state index in [0.717, 1.165) is 19.5 Å². The van der Waals surface area contributed by atoms with Gasteiger partial charge in [-0.25, -0.2) is 4.98 Å². The molecule has 1 aliphatic heterocycles. The molecule has 1 aliphatic rings. The van der Waals surface area contributed by atoms with Gasteiger partial charge >= 0.3 is 0 Å². The third kappa shape index (κ3) is 3.75. The van der Waals surface area contributed by atoms with Crippen LogP contribution in [0, 0.1) is 0 Å². The van der Waals surface area contributed by atoms with E-state index in [1.807, 2.05) is 6.07 Å². The van der Waals surface area contributed by atoms with Crippen molar-refractivity contribution in [3.63, 3.8) is 0 Å². The number of aromatic amines is 1. The van der Waals surface area contributed by atoms with Crippen molar-refractivity contribution in [2.45, 2.75) is 26.2 Å². The number of benzene rings is 2. The Hall–Kier alpha value is -2.80. The van der Waals surface area contributed by atoms with Crippen LogP contribution < -0.4 is 5.56 Å². The summed E-state index contributed by atoms with van der Waals surface area (Å²) in [6.45, 7) is 1.83. The average Bonchev–Trinajstić information content (AvgIpc) is 2.74. The lowest BCUT2D eigenvalue weighted by atomic mass is 9.99. The highest BCUT2D eigenvalue weighted by Crippen LogP contribution is 2.23. The van der Waals surface area contributed by atoms with Crippen molar-refractivity contribution < 1.29 is 10.2 Å². The number of hydrogen-bond donors (Lipinski definition) is 3. The van der Waals surface area contributed by atoms with Crippen LogP contribution in [0.3, 0.4) is 0 Å². The van der Waals surface area contributed by atoms with Crippen LogP contribution in [0.5, 0.6) is 0 Å². The van der Waals surface area contributed by atoms with Crippen molar-refractivity contribution in [2.75, 3.05) is 13.1 Å². The highest BCUT2D eigenvalue weighted by atomic mass is 16.3. The molecule has 4 rings (SSSR count). The van der Waals surface area contributed by atoms with Crippen molar-refractivity contribution >= 4 is 16.5 Å². The van der Waals surface area contributed by atoms with E-state index in [1.54, 1.807) is 12.1 Å². The molecule has 0 atom stereocenters. The molecule has 0 amide bonds. The van der Waals surface area contributed by atoms with Crippen molar-refractivity contribution in [2.24, 2.45) is 0 Å². The summed E-state index contributed by atoms with van der Waals surface area (Å²) in [7, 11) is 0. The van der Waals surface area contributed by atoms with Gasteiger partial charge in [0.1, 0.15) is 5.82 Å². The van der Waals surface area contributed by atoms with Crippen LogP contribution in [-0.4, -0.2) is 38.2 Å². The second-order valence-electron chi connectivity index (χ2n) is 7.05. The summed E-state index contributed by atoms with van der Waals surface area (Å²) in [6, 6.07) is 13.7. The van der Waals surface area contributed by atoms with Crippen LogP contribution in [0.15, 0.2) is 53.3 Å². The third-order valence-corrected chi connectivity index (χ3v) is 5.23. The van der Waals surface area contributed by atoms with Crippen molar-refractivity contribution in [1.29, 1.82) is 0 Å². The van der Waals surface area contributed by atoms with E-state index in [2.05, 4.69) is 45.2 Å². The van der Waals surface area contributed by atoms with Crippen LogP contribution in [0.2, 0.25) is 0 Å². The maximum Gasteiger partial charge on any atom is 0.258 e. The number of rotatable bonds is 5. The van der Waals surface area contributed by atoms with E-state index in [1.165, 1.54) is 11.1 Å². The third-order valence-electron chi connectivity index (χ3n) is 5.23. The van der Waals surface area contributed by atoms with E-state index in [0.29, 0.717) is 34.4 Å². The summed E-state index contributed by atoms with van der Waals surface area (Å²) < 4.78 is 0. The normalized spacial score (nSPS) is 15.0. The number of aliphatic hydroxyl groups is 2. The number of fused-ring (bicyclic) bond motifs is 1. The van der Waals surface area contributed by atoms with Crippen molar-refractivity contribution in [3.05, 3.63) is 81.4 Å². The van der Waals surface area contributed by atoms with Gasteiger partial charge in [-0.15, -0.1) is 0 Å². The molecule has 2 aromatic carbocycles. The molecule has 1 aromatic heterocycles. The number of nitrogens with one attached hydrogen (secondary N) is 1. The first-order valence-corrected chi connectivity index (χ1v) is 9.41.